The highest BCUT2D eigenvalue weighted by Crippen LogP contribution is 2.32. The van der Waals surface area contributed by atoms with Gasteiger partial charge in [-0.25, -0.2) is 4.98 Å². The predicted octanol–water partition coefficient (Wildman–Crippen LogP) is 3.96. The zero-order valence-corrected chi connectivity index (χ0v) is 19.0. The van der Waals surface area contributed by atoms with E-state index in [1.807, 2.05) is 60.7 Å². The molecule has 1 aromatic carbocycles. The first-order valence-electron chi connectivity index (χ1n) is 11.1. The van der Waals surface area contributed by atoms with Crippen LogP contribution in [0.1, 0.15) is 28.3 Å². The van der Waals surface area contributed by atoms with Gasteiger partial charge < -0.3 is 15.8 Å². The third kappa shape index (κ3) is 5.44. The van der Waals surface area contributed by atoms with Gasteiger partial charge in [0.2, 0.25) is 5.91 Å². The van der Waals surface area contributed by atoms with Gasteiger partial charge in [-0.2, -0.15) is 0 Å². The summed E-state index contributed by atoms with van der Waals surface area (Å²) in [6.07, 6.45) is 5.81. The summed E-state index contributed by atoms with van der Waals surface area (Å²) in [5.41, 5.74) is 11.0. The molecule has 0 saturated carbocycles. The third-order valence-electron chi connectivity index (χ3n) is 5.53. The first-order chi connectivity index (χ1) is 16.7. The maximum atomic E-state index is 12.6. The van der Waals surface area contributed by atoms with Gasteiger partial charge in [0.1, 0.15) is 5.82 Å². The average molecular weight is 454 g/mol. The van der Waals surface area contributed by atoms with Crippen molar-refractivity contribution in [2.75, 3.05) is 19.0 Å². The molecule has 3 N–H and O–H groups in total. The van der Waals surface area contributed by atoms with Crippen LogP contribution < -0.4 is 11.1 Å². The summed E-state index contributed by atoms with van der Waals surface area (Å²) in [5.74, 6) is -0.537. The highest BCUT2D eigenvalue weighted by atomic mass is 16.5. The number of rotatable bonds is 10. The first kappa shape index (κ1) is 23.1. The van der Waals surface area contributed by atoms with Crippen LogP contribution in [0.2, 0.25) is 0 Å². The fourth-order valence-corrected chi connectivity index (χ4v) is 3.94. The number of nitrogens with two attached hydrogens (primary N) is 1. The Bertz CT molecular complexity index is 1230. The number of aromatic nitrogens is 3. The Morgan fingerprint density at radius 3 is 2.62 bits per heavy atom. The molecule has 0 radical (unpaired) electrons. The zero-order chi connectivity index (χ0) is 23.8. The number of nitrogens with zero attached hydrogens (tertiary/aromatic N) is 3. The van der Waals surface area contributed by atoms with Crippen LogP contribution in [0.3, 0.4) is 0 Å². The normalized spacial score (nSPS) is 11.7. The summed E-state index contributed by atoms with van der Waals surface area (Å²) in [5, 5.41) is 3.42. The SMILES string of the molecule is COCc1ccccc1-c1ccc(C(C(N)=O)c2cccnc2)c(NCCc2ccccn2)n1. The summed E-state index contributed by atoms with van der Waals surface area (Å²) < 4.78 is 5.37. The van der Waals surface area contributed by atoms with Crippen LogP contribution in [0.5, 0.6) is 0 Å². The van der Waals surface area contributed by atoms with Crippen molar-refractivity contribution in [1.82, 2.24) is 15.0 Å². The van der Waals surface area contributed by atoms with E-state index in [0.29, 0.717) is 31.0 Å². The Hall–Kier alpha value is -4.10. The lowest BCUT2D eigenvalue weighted by atomic mass is 9.91. The highest BCUT2D eigenvalue weighted by Gasteiger charge is 2.25. The number of anilines is 1. The monoisotopic (exact) mass is 453 g/mol. The molecule has 0 aliphatic carbocycles. The standard InChI is InChI=1S/C27H27N5O2/c1-34-18-20-7-2-3-10-22(20)24-12-11-23(25(26(28)33)19-8-6-14-29-17-19)27(32-24)31-16-13-21-9-4-5-15-30-21/h2-12,14-15,17,25H,13,16,18H2,1H3,(H2,28,33)(H,31,32). The van der Waals surface area contributed by atoms with Crippen molar-refractivity contribution < 1.29 is 9.53 Å². The summed E-state index contributed by atoms with van der Waals surface area (Å²) >= 11 is 0. The molecule has 0 aliphatic heterocycles. The molecule has 7 nitrogen and oxygen atoms in total. The van der Waals surface area contributed by atoms with Gasteiger partial charge in [-0.15, -0.1) is 0 Å². The van der Waals surface area contributed by atoms with E-state index in [0.717, 1.165) is 28.1 Å². The number of amides is 1. The summed E-state index contributed by atoms with van der Waals surface area (Å²) in [7, 11) is 1.67. The van der Waals surface area contributed by atoms with E-state index in [2.05, 4.69) is 15.3 Å². The van der Waals surface area contributed by atoms with Gasteiger partial charge in [0.25, 0.3) is 0 Å². The van der Waals surface area contributed by atoms with Crippen LogP contribution in [-0.4, -0.2) is 34.5 Å². The molecule has 3 heterocycles. The molecule has 34 heavy (non-hydrogen) atoms. The van der Waals surface area contributed by atoms with Gasteiger partial charge in [-0.1, -0.05) is 42.5 Å². The van der Waals surface area contributed by atoms with Gasteiger partial charge >= 0.3 is 0 Å². The molecule has 0 aliphatic rings. The van der Waals surface area contributed by atoms with Crippen molar-refractivity contribution in [1.29, 1.82) is 0 Å². The molecular weight excluding hydrogens is 426 g/mol. The number of benzene rings is 1. The van der Waals surface area contributed by atoms with Crippen LogP contribution in [0.4, 0.5) is 5.82 Å². The van der Waals surface area contributed by atoms with Gasteiger partial charge in [0.05, 0.1) is 18.2 Å². The molecule has 0 spiro atoms. The van der Waals surface area contributed by atoms with Gasteiger partial charge in [-0.3, -0.25) is 14.8 Å². The first-order valence-corrected chi connectivity index (χ1v) is 11.1. The van der Waals surface area contributed by atoms with E-state index in [4.69, 9.17) is 15.5 Å². The molecule has 0 saturated heterocycles. The van der Waals surface area contributed by atoms with Gasteiger partial charge in [0, 0.05) is 55.5 Å². The minimum absolute atomic E-state index is 0.463. The molecule has 1 unspecified atom stereocenters. The van der Waals surface area contributed by atoms with Crippen molar-refractivity contribution in [3.8, 4) is 11.3 Å². The van der Waals surface area contributed by atoms with Gasteiger partial charge in [-0.05, 0) is 35.4 Å². The number of primary amides is 1. The maximum Gasteiger partial charge on any atom is 0.229 e. The Morgan fingerprint density at radius 2 is 1.88 bits per heavy atom. The number of pyridine rings is 3. The van der Waals surface area contributed by atoms with Crippen LogP contribution in [0.15, 0.2) is 85.3 Å². The van der Waals surface area contributed by atoms with E-state index < -0.39 is 11.8 Å². The Balaban J connectivity index is 1.73. The molecule has 172 valence electrons. The van der Waals surface area contributed by atoms with E-state index in [-0.39, 0.29) is 0 Å². The lowest BCUT2D eigenvalue weighted by Crippen LogP contribution is -2.24. The van der Waals surface area contributed by atoms with Crippen LogP contribution in [0.25, 0.3) is 11.3 Å². The van der Waals surface area contributed by atoms with E-state index in [1.165, 1.54) is 0 Å². The number of nitrogens with one attached hydrogen (secondary N) is 1. The molecule has 7 heteroatoms. The maximum absolute atomic E-state index is 12.6. The second kappa shape index (κ2) is 11.2. The minimum Gasteiger partial charge on any atom is -0.380 e. The minimum atomic E-state index is -0.679. The molecular formula is C27H27N5O2. The number of hydrogen-bond acceptors (Lipinski definition) is 6. The Morgan fingerprint density at radius 1 is 1.03 bits per heavy atom. The number of carbonyl (C=O) groups excluding carboxylic acids is 1. The fraction of sp³-hybridized carbons (Fsp3) is 0.185. The summed E-state index contributed by atoms with van der Waals surface area (Å²) in [4.78, 5) is 26.0. The number of methoxy groups -OCH3 is 1. The molecule has 4 aromatic rings. The van der Waals surface area contributed by atoms with Crippen molar-refractivity contribution in [3.05, 3.63) is 108 Å². The number of ether oxygens (including phenoxy) is 1. The van der Waals surface area contributed by atoms with Crippen molar-refractivity contribution >= 4 is 11.7 Å². The van der Waals surface area contributed by atoms with E-state index >= 15 is 0 Å². The van der Waals surface area contributed by atoms with Crippen LogP contribution in [0, 0.1) is 0 Å². The van der Waals surface area contributed by atoms with E-state index in [9.17, 15) is 4.79 Å². The molecule has 0 fully saturated rings. The molecule has 1 amide bonds. The highest BCUT2D eigenvalue weighted by molar-refractivity contribution is 5.87. The second-order valence-corrected chi connectivity index (χ2v) is 7.84. The van der Waals surface area contributed by atoms with Crippen molar-refractivity contribution in [2.24, 2.45) is 5.73 Å². The summed E-state index contributed by atoms with van der Waals surface area (Å²) in [6.45, 7) is 1.07. The number of carbonyl (C=O) groups is 1. The second-order valence-electron chi connectivity index (χ2n) is 7.84. The average Bonchev–Trinajstić information content (AvgIpc) is 2.87. The molecule has 1 atom stereocenters. The number of hydrogen-bond donors (Lipinski definition) is 2. The Labute approximate surface area is 199 Å². The van der Waals surface area contributed by atoms with Gasteiger partial charge in [0.15, 0.2) is 0 Å². The van der Waals surface area contributed by atoms with E-state index in [1.54, 1.807) is 31.8 Å². The smallest absolute Gasteiger partial charge is 0.229 e. The molecule has 0 bridgehead atoms. The largest absolute Gasteiger partial charge is 0.380 e. The molecule has 4 rings (SSSR count). The fourth-order valence-electron chi connectivity index (χ4n) is 3.94. The molecule has 3 aromatic heterocycles. The third-order valence-corrected chi connectivity index (χ3v) is 5.53. The lowest BCUT2D eigenvalue weighted by Gasteiger charge is -2.20. The zero-order valence-electron chi connectivity index (χ0n) is 19.0. The van der Waals surface area contributed by atoms with Crippen LogP contribution in [-0.2, 0) is 22.6 Å². The van der Waals surface area contributed by atoms with Crippen molar-refractivity contribution in [3.63, 3.8) is 0 Å². The lowest BCUT2D eigenvalue weighted by molar-refractivity contribution is -0.118. The topological polar surface area (TPSA) is 103 Å². The Kier molecular flexibility index (Phi) is 7.57. The van der Waals surface area contributed by atoms with Crippen LogP contribution >= 0.6 is 0 Å². The summed E-state index contributed by atoms with van der Waals surface area (Å²) in [6, 6.07) is 21.3. The van der Waals surface area contributed by atoms with Crippen molar-refractivity contribution in [2.45, 2.75) is 18.9 Å². The quantitative estimate of drug-likeness (QED) is 0.377. The predicted molar refractivity (Wildman–Crippen MR) is 132 cm³/mol.